The zero-order valence-electron chi connectivity index (χ0n) is 10.7. The maximum atomic E-state index is 5.65. The lowest BCUT2D eigenvalue weighted by Crippen LogP contribution is -2.35. The van der Waals surface area contributed by atoms with Crippen LogP contribution in [-0.4, -0.2) is 36.2 Å². The van der Waals surface area contributed by atoms with E-state index in [1.54, 1.807) is 11.3 Å². The number of nitrogen functional groups attached to an aromatic ring is 1. The van der Waals surface area contributed by atoms with Crippen molar-refractivity contribution in [2.24, 2.45) is 0 Å². The molecular formula is C14H17N3OS. The lowest BCUT2D eigenvalue weighted by Gasteiger charge is -2.26. The summed E-state index contributed by atoms with van der Waals surface area (Å²) in [5.41, 5.74) is 8.11. The molecule has 5 heteroatoms. The average molecular weight is 275 g/mol. The predicted octanol–water partition coefficient (Wildman–Crippen LogP) is 2.22. The first-order valence-corrected chi connectivity index (χ1v) is 7.29. The number of rotatable bonds is 3. The van der Waals surface area contributed by atoms with Gasteiger partial charge in [0, 0.05) is 30.6 Å². The molecule has 0 radical (unpaired) electrons. The van der Waals surface area contributed by atoms with Crippen molar-refractivity contribution in [3.63, 3.8) is 0 Å². The minimum Gasteiger partial charge on any atom is -0.383 e. The average Bonchev–Trinajstić information content (AvgIpc) is 2.87. The third-order valence-corrected chi connectivity index (χ3v) is 4.14. The van der Waals surface area contributed by atoms with Crippen molar-refractivity contribution in [3.05, 3.63) is 35.2 Å². The molecule has 19 heavy (non-hydrogen) atoms. The SMILES string of the molecule is Nc1csc(-c2ccc(CN3CCOCC3)cc2)n1. The molecule has 0 unspecified atom stereocenters. The Bertz CT molecular complexity index is 532. The molecule has 1 aromatic heterocycles. The van der Waals surface area contributed by atoms with E-state index in [-0.39, 0.29) is 0 Å². The highest BCUT2D eigenvalue weighted by Gasteiger charge is 2.10. The Hall–Kier alpha value is -1.43. The largest absolute Gasteiger partial charge is 0.383 e. The lowest BCUT2D eigenvalue weighted by atomic mass is 10.1. The summed E-state index contributed by atoms with van der Waals surface area (Å²) in [5, 5.41) is 2.85. The van der Waals surface area contributed by atoms with E-state index in [4.69, 9.17) is 10.5 Å². The number of thiazole rings is 1. The van der Waals surface area contributed by atoms with E-state index in [9.17, 15) is 0 Å². The maximum absolute atomic E-state index is 5.65. The van der Waals surface area contributed by atoms with Crippen LogP contribution in [0.3, 0.4) is 0 Å². The van der Waals surface area contributed by atoms with Gasteiger partial charge in [0.1, 0.15) is 10.8 Å². The van der Waals surface area contributed by atoms with E-state index >= 15 is 0 Å². The summed E-state index contributed by atoms with van der Waals surface area (Å²) in [6.07, 6.45) is 0. The molecule has 2 N–H and O–H groups in total. The first-order valence-electron chi connectivity index (χ1n) is 6.42. The highest BCUT2D eigenvalue weighted by atomic mass is 32.1. The van der Waals surface area contributed by atoms with Crippen molar-refractivity contribution in [2.45, 2.75) is 6.54 Å². The Morgan fingerprint density at radius 2 is 1.95 bits per heavy atom. The smallest absolute Gasteiger partial charge is 0.135 e. The van der Waals surface area contributed by atoms with Crippen molar-refractivity contribution in [2.75, 3.05) is 32.0 Å². The van der Waals surface area contributed by atoms with Crippen LogP contribution in [-0.2, 0) is 11.3 Å². The van der Waals surface area contributed by atoms with E-state index in [1.807, 2.05) is 5.38 Å². The summed E-state index contributed by atoms with van der Waals surface area (Å²) in [7, 11) is 0. The van der Waals surface area contributed by atoms with Gasteiger partial charge in [-0.2, -0.15) is 0 Å². The van der Waals surface area contributed by atoms with Gasteiger partial charge in [0.25, 0.3) is 0 Å². The molecular weight excluding hydrogens is 258 g/mol. The molecule has 0 bridgehead atoms. The molecule has 1 saturated heterocycles. The third kappa shape index (κ3) is 3.12. The van der Waals surface area contributed by atoms with E-state index < -0.39 is 0 Å². The number of hydrogen-bond acceptors (Lipinski definition) is 5. The van der Waals surface area contributed by atoms with Gasteiger partial charge in [0.2, 0.25) is 0 Å². The number of nitrogens with zero attached hydrogens (tertiary/aromatic N) is 2. The lowest BCUT2D eigenvalue weighted by molar-refractivity contribution is 0.0342. The van der Waals surface area contributed by atoms with Gasteiger partial charge in [-0.1, -0.05) is 24.3 Å². The van der Waals surface area contributed by atoms with Gasteiger partial charge < -0.3 is 10.5 Å². The Labute approximate surface area is 116 Å². The second-order valence-electron chi connectivity index (χ2n) is 4.66. The highest BCUT2D eigenvalue weighted by Crippen LogP contribution is 2.25. The van der Waals surface area contributed by atoms with Crippen LogP contribution in [0, 0.1) is 0 Å². The highest BCUT2D eigenvalue weighted by molar-refractivity contribution is 7.13. The molecule has 100 valence electrons. The van der Waals surface area contributed by atoms with Crippen molar-refractivity contribution < 1.29 is 4.74 Å². The molecule has 1 fully saturated rings. The molecule has 1 aliphatic rings. The van der Waals surface area contributed by atoms with Gasteiger partial charge in [-0.05, 0) is 5.56 Å². The van der Waals surface area contributed by atoms with Crippen LogP contribution >= 0.6 is 11.3 Å². The monoisotopic (exact) mass is 275 g/mol. The van der Waals surface area contributed by atoms with Crippen LogP contribution in [0.2, 0.25) is 0 Å². The quantitative estimate of drug-likeness (QED) is 0.933. The van der Waals surface area contributed by atoms with Gasteiger partial charge >= 0.3 is 0 Å². The number of ether oxygens (including phenoxy) is 1. The minimum absolute atomic E-state index is 0.595. The van der Waals surface area contributed by atoms with Crippen molar-refractivity contribution in [3.8, 4) is 10.6 Å². The first-order chi connectivity index (χ1) is 9.31. The van der Waals surface area contributed by atoms with Crippen molar-refractivity contribution in [1.29, 1.82) is 0 Å². The number of nitrogens with two attached hydrogens (primary N) is 1. The van der Waals surface area contributed by atoms with Gasteiger partial charge in [-0.25, -0.2) is 4.98 Å². The number of aromatic nitrogens is 1. The predicted molar refractivity (Wildman–Crippen MR) is 78.1 cm³/mol. The zero-order chi connectivity index (χ0) is 13.1. The molecule has 1 aromatic carbocycles. The minimum atomic E-state index is 0.595. The molecule has 2 heterocycles. The standard InChI is InChI=1S/C14H17N3OS/c15-13-10-19-14(16-13)12-3-1-11(2-4-12)9-17-5-7-18-8-6-17/h1-4,10H,5-9,15H2. The fraction of sp³-hybridized carbons (Fsp3) is 0.357. The number of benzene rings is 1. The summed E-state index contributed by atoms with van der Waals surface area (Å²) >= 11 is 1.58. The number of anilines is 1. The van der Waals surface area contributed by atoms with Gasteiger partial charge in [-0.3, -0.25) is 4.90 Å². The van der Waals surface area contributed by atoms with Gasteiger partial charge in [0.05, 0.1) is 13.2 Å². The third-order valence-electron chi connectivity index (χ3n) is 3.23. The van der Waals surface area contributed by atoms with E-state index in [2.05, 4.69) is 34.1 Å². The van der Waals surface area contributed by atoms with Crippen LogP contribution in [0.15, 0.2) is 29.6 Å². The second kappa shape index (κ2) is 5.69. The summed E-state index contributed by atoms with van der Waals surface area (Å²) < 4.78 is 5.36. The second-order valence-corrected chi connectivity index (χ2v) is 5.52. The Morgan fingerprint density at radius 3 is 2.58 bits per heavy atom. The zero-order valence-corrected chi connectivity index (χ0v) is 11.5. The molecule has 0 amide bonds. The fourth-order valence-electron chi connectivity index (χ4n) is 2.19. The van der Waals surface area contributed by atoms with Crippen LogP contribution in [0.5, 0.6) is 0 Å². The van der Waals surface area contributed by atoms with Crippen LogP contribution in [0.4, 0.5) is 5.82 Å². The van der Waals surface area contributed by atoms with E-state index in [1.165, 1.54) is 5.56 Å². The number of hydrogen-bond donors (Lipinski definition) is 1. The van der Waals surface area contributed by atoms with Crippen molar-refractivity contribution in [1.82, 2.24) is 9.88 Å². The van der Waals surface area contributed by atoms with Crippen LogP contribution in [0.1, 0.15) is 5.56 Å². The Kier molecular flexibility index (Phi) is 3.77. The fourth-order valence-corrected chi connectivity index (χ4v) is 2.90. The summed E-state index contributed by atoms with van der Waals surface area (Å²) in [5.74, 6) is 0.595. The van der Waals surface area contributed by atoms with Gasteiger partial charge in [0.15, 0.2) is 0 Å². The molecule has 1 aliphatic heterocycles. The molecule has 2 aromatic rings. The summed E-state index contributed by atoms with van der Waals surface area (Å²) in [6.45, 7) is 4.71. The summed E-state index contributed by atoms with van der Waals surface area (Å²) in [6, 6.07) is 8.58. The normalized spacial score (nSPS) is 16.6. The van der Waals surface area contributed by atoms with Crippen LogP contribution < -0.4 is 5.73 Å². The number of morpholine rings is 1. The van der Waals surface area contributed by atoms with E-state index in [0.29, 0.717) is 5.82 Å². The van der Waals surface area contributed by atoms with E-state index in [0.717, 1.165) is 43.4 Å². The Balaban J connectivity index is 1.68. The molecule has 0 atom stereocenters. The topological polar surface area (TPSA) is 51.4 Å². The first kappa shape index (κ1) is 12.6. The molecule has 0 spiro atoms. The van der Waals surface area contributed by atoms with Crippen molar-refractivity contribution >= 4 is 17.2 Å². The molecule has 0 aliphatic carbocycles. The molecule has 3 rings (SSSR count). The maximum Gasteiger partial charge on any atom is 0.135 e. The summed E-state index contributed by atoms with van der Waals surface area (Å²) in [4.78, 5) is 6.71. The Morgan fingerprint density at radius 1 is 1.21 bits per heavy atom. The molecule has 4 nitrogen and oxygen atoms in total. The molecule has 0 saturated carbocycles. The van der Waals surface area contributed by atoms with Crippen LogP contribution in [0.25, 0.3) is 10.6 Å². The van der Waals surface area contributed by atoms with Gasteiger partial charge in [-0.15, -0.1) is 11.3 Å².